The molecule has 6 nitrogen and oxygen atoms in total. The number of anilines is 1. The van der Waals surface area contributed by atoms with Gasteiger partial charge in [0.1, 0.15) is 0 Å². The molecule has 0 radical (unpaired) electrons. The fourth-order valence-electron chi connectivity index (χ4n) is 3.28. The van der Waals surface area contributed by atoms with E-state index in [9.17, 15) is 4.79 Å². The van der Waals surface area contributed by atoms with Crippen molar-refractivity contribution in [3.63, 3.8) is 0 Å². The van der Waals surface area contributed by atoms with Crippen LogP contribution in [0.5, 0.6) is 17.2 Å². The van der Waals surface area contributed by atoms with Crippen molar-refractivity contribution in [2.75, 3.05) is 25.1 Å². The molecular formula is C23H28N2O4. The molecule has 3 aromatic rings. The lowest BCUT2D eigenvalue weighted by Crippen LogP contribution is -2.13. The summed E-state index contributed by atoms with van der Waals surface area (Å²) in [5, 5.41) is 4.05. The second-order valence-corrected chi connectivity index (χ2v) is 6.43. The van der Waals surface area contributed by atoms with Crippen LogP contribution in [0.25, 0.3) is 10.9 Å². The first-order valence-electron chi connectivity index (χ1n) is 10.1. The summed E-state index contributed by atoms with van der Waals surface area (Å²) < 4.78 is 19.3. The number of carbonyl (C=O) groups excluding carboxylic acids is 1. The van der Waals surface area contributed by atoms with E-state index >= 15 is 0 Å². The summed E-state index contributed by atoms with van der Waals surface area (Å²) in [4.78, 5) is 12.9. The number of fused-ring (bicyclic) bond motifs is 1. The van der Waals surface area contributed by atoms with E-state index < -0.39 is 0 Å². The summed E-state index contributed by atoms with van der Waals surface area (Å²) in [6.45, 7) is 10.1. The van der Waals surface area contributed by atoms with Gasteiger partial charge in [-0.2, -0.15) is 0 Å². The van der Waals surface area contributed by atoms with Gasteiger partial charge in [0.2, 0.25) is 5.75 Å². The number of nitrogens with zero attached hydrogens (tertiary/aromatic N) is 1. The van der Waals surface area contributed by atoms with E-state index in [0.29, 0.717) is 42.6 Å². The van der Waals surface area contributed by atoms with Crippen molar-refractivity contribution < 1.29 is 19.0 Å². The summed E-state index contributed by atoms with van der Waals surface area (Å²) in [7, 11) is 0. The number of amides is 1. The predicted molar refractivity (Wildman–Crippen MR) is 116 cm³/mol. The number of hydrogen-bond donors (Lipinski definition) is 1. The Morgan fingerprint density at radius 2 is 1.55 bits per heavy atom. The van der Waals surface area contributed by atoms with Gasteiger partial charge in [-0.3, -0.25) is 4.79 Å². The maximum Gasteiger partial charge on any atom is 0.255 e. The van der Waals surface area contributed by atoms with Gasteiger partial charge < -0.3 is 24.1 Å². The van der Waals surface area contributed by atoms with E-state index in [1.54, 1.807) is 12.1 Å². The lowest BCUT2D eigenvalue weighted by atomic mass is 10.1. The Hall–Kier alpha value is -3.15. The van der Waals surface area contributed by atoms with E-state index in [-0.39, 0.29) is 5.91 Å². The minimum Gasteiger partial charge on any atom is -0.490 e. The number of aryl methyl sites for hydroxylation is 1. The number of rotatable bonds is 9. The van der Waals surface area contributed by atoms with Gasteiger partial charge in [0.15, 0.2) is 11.5 Å². The molecule has 6 heteroatoms. The zero-order chi connectivity index (χ0) is 20.8. The SMILES string of the molecule is CCOc1cc(C(=O)Nc2ccc3c(ccn3CC)c2)cc(OCC)c1OCC. The normalized spacial score (nSPS) is 10.8. The number of aromatic nitrogens is 1. The zero-order valence-corrected chi connectivity index (χ0v) is 17.5. The van der Waals surface area contributed by atoms with Crippen molar-refractivity contribution in [3.8, 4) is 17.2 Å². The highest BCUT2D eigenvalue weighted by Crippen LogP contribution is 2.39. The number of carbonyl (C=O) groups is 1. The highest BCUT2D eigenvalue weighted by atomic mass is 16.5. The quantitative estimate of drug-likeness (QED) is 0.546. The first-order valence-corrected chi connectivity index (χ1v) is 10.1. The highest BCUT2D eigenvalue weighted by Gasteiger charge is 2.18. The first kappa shape index (κ1) is 20.6. The van der Waals surface area contributed by atoms with Gasteiger partial charge in [0, 0.05) is 34.9 Å². The fourth-order valence-corrected chi connectivity index (χ4v) is 3.28. The van der Waals surface area contributed by atoms with E-state index in [4.69, 9.17) is 14.2 Å². The average Bonchev–Trinajstić information content (AvgIpc) is 3.12. The summed E-state index contributed by atoms with van der Waals surface area (Å²) in [6.07, 6.45) is 2.05. The topological polar surface area (TPSA) is 61.7 Å². The smallest absolute Gasteiger partial charge is 0.255 e. The summed E-state index contributed by atoms with van der Waals surface area (Å²) in [5.41, 5.74) is 2.33. The molecule has 0 spiro atoms. The number of ether oxygens (including phenoxy) is 3. The second kappa shape index (κ2) is 9.37. The molecule has 0 unspecified atom stereocenters. The maximum absolute atomic E-state index is 12.9. The minimum atomic E-state index is -0.232. The van der Waals surface area contributed by atoms with Crippen LogP contribution < -0.4 is 19.5 Å². The molecule has 0 saturated carbocycles. The molecule has 1 heterocycles. The van der Waals surface area contributed by atoms with Crippen LogP contribution in [-0.4, -0.2) is 30.3 Å². The average molecular weight is 396 g/mol. The minimum absolute atomic E-state index is 0.232. The molecule has 154 valence electrons. The Balaban J connectivity index is 1.91. The van der Waals surface area contributed by atoms with Crippen LogP contribution in [0.4, 0.5) is 5.69 Å². The summed E-state index contributed by atoms with van der Waals surface area (Å²) in [5.74, 6) is 1.29. The Bertz CT molecular complexity index is 967. The monoisotopic (exact) mass is 396 g/mol. The molecule has 0 aliphatic carbocycles. The van der Waals surface area contributed by atoms with Crippen LogP contribution in [-0.2, 0) is 6.54 Å². The van der Waals surface area contributed by atoms with Crippen molar-refractivity contribution in [1.82, 2.24) is 4.57 Å². The third-order valence-electron chi connectivity index (χ3n) is 4.54. The first-order chi connectivity index (χ1) is 14.1. The molecular weight excluding hydrogens is 368 g/mol. The van der Waals surface area contributed by atoms with Crippen molar-refractivity contribution in [1.29, 1.82) is 0 Å². The van der Waals surface area contributed by atoms with Gasteiger partial charge >= 0.3 is 0 Å². The Morgan fingerprint density at radius 1 is 0.897 bits per heavy atom. The predicted octanol–water partition coefficient (Wildman–Crippen LogP) is 5.11. The van der Waals surface area contributed by atoms with Gasteiger partial charge in [-0.05, 0) is 64.1 Å². The molecule has 0 bridgehead atoms. The van der Waals surface area contributed by atoms with Crippen LogP contribution in [0.3, 0.4) is 0 Å². The van der Waals surface area contributed by atoms with Crippen LogP contribution in [0.2, 0.25) is 0 Å². The third kappa shape index (κ3) is 4.47. The molecule has 1 aromatic heterocycles. The van der Waals surface area contributed by atoms with E-state index in [1.807, 2.05) is 51.2 Å². The van der Waals surface area contributed by atoms with E-state index in [1.165, 1.54) is 0 Å². The molecule has 0 atom stereocenters. The Labute approximate surface area is 171 Å². The van der Waals surface area contributed by atoms with Gasteiger partial charge in [-0.25, -0.2) is 0 Å². The largest absolute Gasteiger partial charge is 0.490 e. The van der Waals surface area contributed by atoms with Gasteiger partial charge in [0.05, 0.1) is 19.8 Å². The van der Waals surface area contributed by atoms with Crippen LogP contribution in [0.1, 0.15) is 38.1 Å². The lowest BCUT2D eigenvalue weighted by Gasteiger charge is -2.17. The van der Waals surface area contributed by atoms with E-state index in [2.05, 4.69) is 16.8 Å². The Kier molecular flexibility index (Phi) is 6.65. The van der Waals surface area contributed by atoms with E-state index in [0.717, 1.165) is 23.1 Å². The molecule has 0 fully saturated rings. The molecule has 1 N–H and O–H groups in total. The van der Waals surface area contributed by atoms with Crippen LogP contribution >= 0.6 is 0 Å². The molecule has 1 amide bonds. The maximum atomic E-state index is 12.9. The fraction of sp³-hybridized carbons (Fsp3) is 0.348. The van der Waals surface area contributed by atoms with Gasteiger partial charge in [-0.15, -0.1) is 0 Å². The van der Waals surface area contributed by atoms with Crippen molar-refractivity contribution in [3.05, 3.63) is 48.2 Å². The molecule has 0 saturated heterocycles. The third-order valence-corrected chi connectivity index (χ3v) is 4.54. The second-order valence-electron chi connectivity index (χ2n) is 6.43. The number of benzene rings is 2. The summed E-state index contributed by atoms with van der Waals surface area (Å²) in [6, 6.07) is 11.3. The number of nitrogens with one attached hydrogen (secondary N) is 1. The Morgan fingerprint density at radius 3 is 2.14 bits per heavy atom. The molecule has 3 rings (SSSR count). The van der Waals surface area contributed by atoms with Gasteiger partial charge in [0.25, 0.3) is 5.91 Å². The molecule has 0 aliphatic rings. The van der Waals surface area contributed by atoms with Crippen molar-refractivity contribution in [2.45, 2.75) is 34.2 Å². The van der Waals surface area contributed by atoms with Crippen LogP contribution in [0.15, 0.2) is 42.6 Å². The van der Waals surface area contributed by atoms with Crippen molar-refractivity contribution >= 4 is 22.5 Å². The number of hydrogen-bond acceptors (Lipinski definition) is 4. The highest BCUT2D eigenvalue weighted by molar-refractivity contribution is 6.06. The van der Waals surface area contributed by atoms with Gasteiger partial charge in [-0.1, -0.05) is 0 Å². The lowest BCUT2D eigenvalue weighted by molar-refractivity contribution is 0.102. The zero-order valence-electron chi connectivity index (χ0n) is 17.5. The van der Waals surface area contributed by atoms with Crippen molar-refractivity contribution in [2.24, 2.45) is 0 Å². The molecule has 0 aliphatic heterocycles. The molecule has 29 heavy (non-hydrogen) atoms. The van der Waals surface area contributed by atoms with Crippen LogP contribution in [0, 0.1) is 0 Å². The summed E-state index contributed by atoms with van der Waals surface area (Å²) >= 11 is 0. The standard InChI is InChI=1S/C23H28N2O4/c1-5-25-12-11-16-13-18(9-10-19(16)25)24-23(26)17-14-20(27-6-2)22(29-8-4)21(15-17)28-7-3/h9-15H,5-8H2,1-4H3,(H,24,26). The molecule has 2 aromatic carbocycles.